The van der Waals surface area contributed by atoms with Gasteiger partial charge in [-0.25, -0.2) is 0 Å². The molecule has 22 heavy (non-hydrogen) atoms. The molecule has 3 rings (SSSR count). The van der Waals surface area contributed by atoms with E-state index in [4.69, 9.17) is 0 Å². The second-order valence-electron chi connectivity index (χ2n) is 6.54. The van der Waals surface area contributed by atoms with Crippen molar-refractivity contribution in [1.29, 1.82) is 0 Å². The standard InChI is InChI=1S/C17H23N3O2/c1-19-10-3-7-17(16(19)22)8-11-20(13-17)15(21)6-5-14-4-2-9-18-12-14/h2,4,9,12H,3,5-8,10-11,13H2,1H3/t17-/m0/s1. The molecule has 1 aromatic rings. The molecule has 2 amide bonds. The van der Waals surface area contributed by atoms with Gasteiger partial charge in [-0.2, -0.15) is 0 Å². The van der Waals surface area contributed by atoms with Crippen molar-refractivity contribution in [3.05, 3.63) is 30.1 Å². The summed E-state index contributed by atoms with van der Waals surface area (Å²) in [7, 11) is 1.87. The number of likely N-dealkylation sites (tertiary alicyclic amines) is 2. The Hall–Kier alpha value is -1.91. The van der Waals surface area contributed by atoms with E-state index in [1.54, 1.807) is 12.4 Å². The number of carbonyl (C=O) groups excluding carboxylic acids is 2. The van der Waals surface area contributed by atoms with E-state index in [2.05, 4.69) is 4.98 Å². The third-order valence-electron chi connectivity index (χ3n) is 5.01. The fourth-order valence-corrected chi connectivity index (χ4v) is 3.69. The Kier molecular flexibility index (Phi) is 4.14. The third kappa shape index (κ3) is 2.85. The molecule has 118 valence electrons. The van der Waals surface area contributed by atoms with Gasteiger partial charge in [-0.1, -0.05) is 6.07 Å². The van der Waals surface area contributed by atoms with Crippen molar-refractivity contribution in [1.82, 2.24) is 14.8 Å². The predicted octanol–water partition coefficient (Wildman–Crippen LogP) is 1.49. The number of carbonyl (C=O) groups is 2. The number of hydrogen-bond acceptors (Lipinski definition) is 3. The zero-order valence-electron chi connectivity index (χ0n) is 13.1. The Bertz CT molecular complexity index is 560. The minimum absolute atomic E-state index is 0.154. The highest BCUT2D eigenvalue weighted by Gasteiger charge is 2.48. The van der Waals surface area contributed by atoms with Crippen LogP contribution >= 0.6 is 0 Å². The number of pyridine rings is 1. The van der Waals surface area contributed by atoms with Gasteiger partial charge in [0.1, 0.15) is 0 Å². The van der Waals surface area contributed by atoms with Crippen LogP contribution in [0.15, 0.2) is 24.5 Å². The van der Waals surface area contributed by atoms with E-state index in [0.717, 1.165) is 31.4 Å². The zero-order valence-corrected chi connectivity index (χ0v) is 13.1. The van der Waals surface area contributed by atoms with Gasteiger partial charge < -0.3 is 9.80 Å². The van der Waals surface area contributed by atoms with E-state index in [1.807, 2.05) is 29.0 Å². The van der Waals surface area contributed by atoms with Crippen molar-refractivity contribution in [2.45, 2.75) is 32.1 Å². The van der Waals surface area contributed by atoms with E-state index in [0.29, 0.717) is 25.9 Å². The molecule has 0 radical (unpaired) electrons. The Morgan fingerprint density at radius 1 is 1.36 bits per heavy atom. The molecule has 1 spiro atoms. The van der Waals surface area contributed by atoms with Crippen LogP contribution in [0.2, 0.25) is 0 Å². The molecular formula is C17H23N3O2. The Balaban J connectivity index is 1.58. The summed E-state index contributed by atoms with van der Waals surface area (Å²) in [5.41, 5.74) is 0.773. The molecule has 1 aromatic heterocycles. The number of piperidine rings is 1. The molecule has 0 unspecified atom stereocenters. The largest absolute Gasteiger partial charge is 0.345 e. The summed E-state index contributed by atoms with van der Waals surface area (Å²) < 4.78 is 0. The van der Waals surface area contributed by atoms with Crippen LogP contribution in [0.1, 0.15) is 31.2 Å². The van der Waals surface area contributed by atoms with Crippen LogP contribution in [-0.2, 0) is 16.0 Å². The quantitative estimate of drug-likeness (QED) is 0.850. The first-order chi connectivity index (χ1) is 10.6. The minimum Gasteiger partial charge on any atom is -0.345 e. The maximum Gasteiger partial charge on any atom is 0.230 e. The number of aromatic nitrogens is 1. The number of nitrogens with zero attached hydrogens (tertiary/aromatic N) is 3. The molecule has 3 heterocycles. The lowest BCUT2D eigenvalue weighted by atomic mass is 9.78. The third-order valence-corrected chi connectivity index (χ3v) is 5.01. The number of rotatable bonds is 3. The van der Waals surface area contributed by atoms with Crippen LogP contribution in [0.4, 0.5) is 0 Å². The van der Waals surface area contributed by atoms with Gasteiger partial charge in [0.15, 0.2) is 0 Å². The van der Waals surface area contributed by atoms with E-state index < -0.39 is 0 Å². The van der Waals surface area contributed by atoms with Gasteiger partial charge in [0, 0.05) is 45.5 Å². The van der Waals surface area contributed by atoms with Crippen LogP contribution in [0.25, 0.3) is 0 Å². The first kappa shape index (κ1) is 15.0. The second-order valence-corrected chi connectivity index (χ2v) is 6.54. The topological polar surface area (TPSA) is 53.5 Å². The molecule has 0 aromatic carbocycles. The normalized spacial score (nSPS) is 25.0. The summed E-state index contributed by atoms with van der Waals surface area (Å²) in [6.07, 6.45) is 7.52. The number of amides is 2. The maximum atomic E-state index is 12.5. The highest BCUT2D eigenvalue weighted by molar-refractivity contribution is 5.86. The first-order valence-electron chi connectivity index (χ1n) is 8.03. The molecule has 0 bridgehead atoms. The van der Waals surface area contributed by atoms with Gasteiger partial charge in [0.25, 0.3) is 0 Å². The molecule has 5 nitrogen and oxygen atoms in total. The van der Waals surface area contributed by atoms with Crippen molar-refractivity contribution in [3.8, 4) is 0 Å². The number of hydrogen-bond donors (Lipinski definition) is 0. The van der Waals surface area contributed by atoms with E-state index >= 15 is 0 Å². The molecule has 0 aliphatic carbocycles. The molecule has 0 saturated carbocycles. The van der Waals surface area contributed by atoms with Gasteiger partial charge in [-0.05, 0) is 37.3 Å². The number of aryl methyl sites for hydroxylation is 1. The van der Waals surface area contributed by atoms with E-state index in [1.165, 1.54) is 0 Å². The molecule has 2 fully saturated rings. The average molecular weight is 301 g/mol. The fourth-order valence-electron chi connectivity index (χ4n) is 3.69. The maximum absolute atomic E-state index is 12.5. The summed E-state index contributed by atoms with van der Waals surface area (Å²) in [4.78, 5) is 32.7. The summed E-state index contributed by atoms with van der Waals surface area (Å²) >= 11 is 0. The smallest absolute Gasteiger partial charge is 0.230 e. The van der Waals surface area contributed by atoms with Crippen LogP contribution in [-0.4, -0.2) is 53.3 Å². The summed E-state index contributed by atoms with van der Waals surface area (Å²) in [6.45, 7) is 2.16. The lowest BCUT2D eigenvalue weighted by Gasteiger charge is -2.37. The monoisotopic (exact) mass is 301 g/mol. The Labute approximate surface area is 131 Å². The van der Waals surface area contributed by atoms with Gasteiger partial charge in [-0.15, -0.1) is 0 Å². The van der Waals surface area contributed by atoms with Crippen LogP contribution in [0.3, 0.4) is 0 Å². The van der Waals surface area contributed by atoms with Crippen molar-refractivity contribution in [2.75, 3.05) is 26.7 Å². The van der Waals surface area contributed by atoms with Crippen molar-refractivity contribution < 1.29 is 9.59 Å². The minimum atomic E-state index is -0.309. The highest BCUT2D eigenvalue weighted by atomic mass is 16.2. The average Bonchev–Trinajstić information content (AvgIpc) is 2.97. The van der Waals surface area contributed by atoms with Gasteiger partial charge in [-0.3, -0.25) is 14.6 Å². The van der Waals surface area contributed by atoms with Gasteiger partial charge in [0.2, 0.25) is 11.8 Å². The fraction of sp³-hybridized carbons (Fsp3) is 0.588. The lowest BCUT2D eigenvalue weighted by Crippen LogP contribution is -2.48. The molecule has 5 heteroatoms. The molecule has 2 aliphatic heterocycles. The Morgan fingerprint density at radius 3 is 3.00 bits per heavy atom. The molecule has 2 saturated heterocycles. The van der Waals surface area contributed by atoms with Crippen LogP contribution in [0, 0.1) is 5.41 Å². The predicted molar refractivity (Wildman–Crippen MR) is 83.1 cm³/mol. The Morgan fingerprint density at radius 2 is 2.23 bits per heavy atom. The van der Waals surface area contributed by atoms with Crippen molar-refractivity contribution >= 4 is 11.8 Å². The van der Waals surface area contributed by atoms with Crippen molar-refractivity contribution in [2.24, 2.45) is 5.41 Å². The van der Waals surface area contributed by atoms with Crippen molar-refractivity contribution in [3.63, 3.8) is 0 Å². The molecule has 0 N–H and O–H groups in total. The van der Waals surface area contributed by atoms with Crippen LogP contribution < -0.4 is 0 Å². The van der Waals surface area contributed by atoms with Crippen LogP contribution in [0.5, 0.6) is 0 Å². The SMILES string of the molecule is CN1CCC[C@@]2(CCN(C(=O)CCc3cccnc3)C2)C1=O. The molecular weight excluding hydrogens is 278 g/mol. The van der Waals surface area contributed by atoms with Gasteiger partial charge in [0.05, 0.1) is 5.41 Å². The lowest BCUT2D eigenvalue weighted by molar-refractivity contribution is -0.144. The zero-order chi connectivity index (χ0) is 15.6. The summed E-state index contributed by atoms with van der Waals surface area (Å²) in [5.74, 6) is 0.378. The van der Waals surface area contributed by atoms with E-state index in [9.17, 15) is 9.59 Å². The van der Waals surface area contributed by atoms with E-state index in [-0.39, 0.29) is 17.2 Å². The summed E-state index contributed by atoms with van der Waals surface area (Å²) in [6, 6.07) is 3.88. The molecule has 1 atom stereocenters. The van der Waals surface area contributed by atoms with Gasteiger partial charge >= 0.3 is 0 Å². The summed E-state index contributed by atoms with van der Waals surface area (Å²) in [5, 5.41) is 0. The second kappa shape index (κ2) is 6.07. The highest BCUT2D eigenvalue weighted by Crippen LogP contribution is 2.39. The first-order valence-corrected chi connectivity index (χ1v) is 8.03. The molecule has 2 aliphatic rings.